The normalized spacial score (nSPS) is 9.17. The maximum Gasteiger partial charge on any atom is 0.156 e. The van der Waals surface area contributed by atoms with Crippen LogP contribution >= 0.6 is 0 Å². The Morgan fingerprint density at radius 1 is 1.17 bits per heavy atom. The van der Waals surface area contributed by atoms with E-state index in [-0.39, 0.29) is 0 Å². The third-order valence-corrected chi connectivity index (χ3v) is 1.51. The number of fused-ring (bicyclic) bond motifs is 1. The summed E-state index contributed by atoms with van der Waals surface area (Å²) in [5.41, 5.74) is 7.08. The van der Waals surface area contributed by atoms with Crippen molar-refractivity contribution in [2.24, 2.45) is 0 Å². The van der Waals surface area contributed by atoms with Crippen molar-refractivity contribution in [3.8, 4) is 0 Å². The fraction of sp³-hybridized carbons (Fsp3) is 0.200. The molecule has 2 nitrogen and oxygen atoms in total. The fourth-order valence-electron chi connectivity index (χ4n) is 1.02. The summed E-state index contributed by atoms with van der Waals surface area (Å²) < 4.78 is 5.12. The fourth-order valence-corrected chi connectivity index (χ4v) is 1.02. The number of benzene rings is 1. The van der Waals surface area contributed by atoms with Gasteiger partial charge in [-0.2, -0.15) is 0 Å². The standard InChI is InChI=1S/C8H7NO.C2H6/c9-7-3-1-2-6-4-5-10-8(6)7;1-2/h1-5H,9H2;1-2H3. The van der Waals surface area contributed by atoms with Crippen LogP contribution in [0.15, 0.2) is 34.9 Å². The van der Waals surface area contributed by atoms with Crippen LogP contribution in [0.4, 0.5) is 5.69 Å². The Balaban J connectivity index is 0.000000336. The number of nitrogen functional groups attached to an aromatic ring is 1. The topological polar surface area (TPSA) is 39.2 Å². The van der Waals surface area contributed by atoms with Crippen LogP contribution in [0.2, 0.25) is 0 Å². The predicted octanol–water partition coefficient (Wildman–Crippen LogP) is 3.04. The second-order valence-electron chi connectivity index (χ2n) is 2.19. The molecule has 0 spiro atoms. The summed E-state index contributed by atoms with van der Waals surface area (Å²) in [5.74, 6) is 0. The lowest BCUT2D eigenvalue weighted by Gasteiger charge is -1.90. The zero-order valence-electron chi connectivity index (χ0n) is 7.37. The number of hydrogen-bond acceptors (Lipinski definition) is 2. The molecule has 1 aromatic carbocycles. The number of furan rings is 1. The first kappa shape index (κ1) is 8.65. The van der Waals surface area contributed by atoms with Crippen LogP contribution in [0.25, 0.3) is 11.0 Å². The van der Waals surface area contributed by atoms with Gasteiger partial charge in [-0.1, -0.05) is 26.0 Å². The second-order valence-corrected chi connectivity index (χ2v) is 2.19. The minimum Gasteiger partial charge on any atom is -0.462 e. The van der Waals surface area contributed by atoms with E-state index in [1.165, 1.54) is 0 Å². The maximum absolute atomic E-state index is 5.61. The largest absolute Gasteiger partial charge is 0.462 e. The molecule has 0 fully saturated rings. The first-order valence-corrected chi connectivity index (χ1v) is 4.09. The van der Waals surface area contributed by atoms with Crippen LogP contribution in [-0.4, -0.2) is 0 Å². The molecule has 0 saturated heterocycles. The van der Waals surface area contributed by atoms with Gasteiger partial charge in [-0.15, -0.1) is 0 Å². The third-order valence-electron chi connectivity index (χ3n) is 1.51. The molecule has 64 valence electrons. The van der Waals surface area contributed by atoms with Gasteiger partial charge in [0, 0.05) is 5.39 Å². The summed E-state index contributed by atoms with van der Waals surface area (Å²) in [5, 5.41) is 1.06. The van der Waals surface area contributed by atoms with Gasteiger partial charge >= 0.3 is 0 Å². The second kappa shape index (κ2) is 3.81. The van der Waals surface area contributed by atoms with Crippen LogP contribution in [0.5, 0.6) is 0 Å². The molecule has 0 saturated carbocycles. The lowest BCUT2D eigenvalue weighted by atomic mass is 10.2. The molecule has 2 rings (SSSR count). The average Bonchev–Trinajstić information content (AvgIpc) is 2.57. The minimum absolute atomic E-state index is 0.697. The third kappa shape index (κ3) is 1.42. The number of anilines is 1. The van der Waals surface area contributed by atoms with Gasteiger partial charge in [-0.3, -0.25) is 0 Å². The highest BCUT2D eigenvalue weighted by atomic mass is 16.3. The van der Waals surface area contributed by atoms with Crippen LogP contribution in [-0.2, 0) is 0 Å². The Morgan fingerprint density at radius 3 is 2.58 bits per heavy atom. The Morgan fingerprint density at radius 2 is 1.92 bits per heavy atom. The van der Waals surface area contributed by atoms with Gasteiger partial charge in [0.1, 0.15) is 0 Å². The molecule has 0 aliphatic carbocycles. The summed E-state index contributed by atoms with van der Waals surface area (Å²) in [6.45, 7) is 4.00. The summed E-state index contributed by atoms with van der Waals surface area (Å²) in [7, 11) is 0. The lowest BCUT2D eigenvalue weighted by molar-refractivity contribution is 0.617. The molecule has 0 unspecified atom stereocenters. The van der Waals surface area contributed by atoms with Gasteiger partial charge in [-0.25, -0.2) is 0 Å². The van der Waals surface area contributed by atoms with E-state index in [9.17, 15) is 0 Å². The van der Waals surface area contributed by atoms with E-state index in [2.05, 4.69) is 0 Å². The Kier molecular flexibility index (Phi) is 2.75. The van der Waals surface area contributed by atoms with Gasteiger partial charge in [0.15, 0.2) is 5.58 Å². The van der Waals surface area contributed by atoms with E-state index < -0.39 is 0 Å². The van der Waals surface area contributed by atoms with Crippen molar-refractivity contribution in [3.63, 3.8) is 0 Å². The highest BCUT2D eigenvalue weighted by Crippen LogP contribution is 2.20. The van der Waals surface area contributed by atoms with Crippen molar-refractivity contribution in [1.29, 1.82) is 0 Å². The number of nitrogens with two attached hydrogens (primary N) is 1. The van der Waals surface area contributed by atoms with Gasteiger partial charge in [-0.05, 0) is 12.1 Å². The summed E-state index contributed by atoms with van der Waals surface area (Å²) in [6.07, 6.45) is 1.64. The lowest BCUT2D eigenvalue weighted by Crippen LogP contribution is -1.82. The van der Waals surface area contributed by atoms with Crippen molar-refractivity contribution in [2.45, 2.75) is 13.8 Å². The Bertz CT molecular complexity index is 351. The maximum atomic E-state index is 5.61. The van der Waals surface area contributed by atoms with Crippen LogP contribution in [0, 0.1) is 0 Å². The highest BCUT2D eigenvalue weighted by Gasteiger charge is 1.97. The van der Waals surface area contributed by atoms with Crippen molar-refractivity contribution >= 4 is 16.7 Å². The van der Waals surface area contributed by atoms with Crippen LogP contribution < -0.4 is 5.73 Å². The highest BCUT2D eigenvalue weighted by molar-refractivity contribution is 5.87. The average molecular weight is 163 g/mol. The molecule has 2 aromatic rings. The van der Waals surface area contributed by atoms with Gasteiger partial charge in [0.25, 0.3) is 0 Å². The first-order valence-electron chi connectivity index (χ1n) is 4.09. The van der Waals surface area contributed by atoms with E-state index in [4.69, 9.17) is 10.2 Å². The smallest absolute Gasteiger partial charge is 0.156 e. The molecule has 0 bridgehead atoms. The SMILES string of the molecule is CC.Nc1cccc2ccoc12. The molecule has 0 aliphatic rings. The Hall–Kier alpha value is -1.44. The Labute approximate surface area is 72.0 Å². The van der Waals surface area contributed by atoms with Crippen molar-refractivity contribution < 1.29 is 4.42 Å². The first-order chi connectivity index (χ1) is 5.88. The van der Waals surface area contributed by atoms with Crippen LogP contribution in [0.3, 0.4) is 0 Å². The summed E-state index contributed by atoms with van der Waals surface area (Å²) >= 11 is 0. The monoisotopic (exact) mass is 163 g/mol. The van der Waals surface area contributed by atoms with Crippen molar-refractivity contribution in [2.75, 3.05) is 5.73 Å². The molecule has 1 heterocycles. The summed E-state index contributed by atoms with van der Waals surface area (Å²) in [4.78, 5) is 0. The van der Waals surface area contributed by atoms with E-state index in [1.807, 2.05) is 38.1 Å². The zero-order chi connectivity index (χ0) is 8.97. The molecule has 0 atom stereocenters. The summed E-state index contributed by atoms with van der Waals surface area (Å²) in [6, 6.07) is 7.60. The van der Waals surface area contributed by atoms with Crippen LogP contribution in [0.1, 0.15) is 13.8 Å². The van der Waals surface area contributed by atoms with Gasteiger partial charge in [0.05, 0.1) is 12.0 Å². The molecule has 12 heavy (non-hydrogen) atoms. The molecule has 2 N–H and O–H groups in total. The molecular weight excluding hydrogens is 150 g/mol. The number of hydrogen-bond donors (Lipinski definition) is 1. The van der Waals surface area contributed by atoms with E-state index in [1.54, 1.807) is 6.26 Å². The number of para-hydroxylation sites is 1. The predicted molar refractivity (Wildman–Crippen MR) is 52.0 cm³/mol. The van der Waals surface area contributed by atoms with E-state index >= 15 is 0 Å². The quantitative estimate of drug-likeness (QED) is 0.606. The van der Waals surface area contributed by atoms with Crippen molar-refractivity contribution in [1.82, 2.24) is 0 Å². The molecule has 1 aromatic heterocycles. The van der Waals surface area contributed by atoms with Crippen molar-refractivity contribution in [3.05, 3.63) is 30.5 Å². The van der Waals surface area contributed by atoms with Gasteiger partial charge in [0.2, 0.25) is 0 Å². The van der Waals surface area contributed by atoms with Gasteiger partial charge < -0.3 is 10.2 Å². The van der Waals surface area contributed by atoms with E-state index in [0.717, 1.165) is 11.0 Å². The molecule has 0 aliphatic heterocycles. The molecule has 0 amide bonds. The molecule has 2 heteroatoms. The molecular formula is C10H13NO. The minimum atomic E-state index is 0.697. The zero-order valence-corrected chi connectivity index (χ0v) is 7.37. The molecule has 0 radical (unpaired) electrons. The van der Waals surface area contributed by atoms with E-state index in [0.29, 0.717) is 5.69 Å². The number of rotatable bonds is 0.